The third-order valence-electron chi connectivity index (χ3n) is 10.4. The standard InChI is InChI=1S/C26H30N6.C16H17ClN6/c1-18-7-6-15-31(18)24-9-5-8-23(29-24)28-22-17-21(30-32-16-14-27-25(22)32)19-10-12-20(13-11-19)26(2,3)4;1-11-4-3-8-22(11)15-6-2-5-14(20-15)19-12-10-13(17)21-23-9-7-18-16(12)23/h5,8-14,16-18H,6-7,15H2,1-4H3,(H,28,29);2,5-7,9-11H,3-4,8H2,1H3,(H,19,20). The van der Waals surface area contributed by atoms with E-state index in [9.17, 15) is 0 Å². The van der Waals surface area contributed by atoms with Crippen LogP contribution in [0.25, 0.3) is 22.6 Å². The van der Waals surface area contributed by atoms with Crippen LogP contribution in [0.5, 0.6) is 0 Å². The molecule has 2 N–H and O–H groups in total. The second kappa shape index (κ2) is 15.2. The molecule has 1 aromatic carbocycles. The van der Waals surface area contributed by atoms with E-state index in [1.165, 1.54) is 31.2 Å². The third-order valence-corrected chi connectivity index (χ3v) is 10.6. The van der Waals surface area contributed by atoms with E-state index in [-0.39, 0.29) is 5.41 Å². The molecule has 9 rings (SSSR count). The molecule has 8 heterocycles. The number of hydrogen-bond donors (Lipinski definition) is 2. The summed E-state index contributed by atoms with van der Waals surface area (Å²) in [5.41, 5.74) is 6.56. The first kappa shape index (κ1) is 36.2. The van der Waals surface area contributed by atoms with Crippen LogP contribution in [0.4, 0.5) is 34.6 Å². The molecule has 2 aliphatic rings. The van der Waals surface area contributed by atoms with Crippen molar-refractivity contribution in [3.63, 3.8) is 0 Å². The van der Waals surface area contributed by atoms with Crippen molar-refractivity contribution in [2.24, 2.45) is 0 Å². The van der Waals surface area contributed by atoms with E-state index in [2.05, 4.69) is 119 Å². The van der Waals surface area contributed by atoms with E-state index < -0.39 is 0 Å². The molecule has 12 nitrogen and oxygen atoms in total. The molecular formula is C42H47ClN12. The minimum Gasteiger partial charge on any atom is -0.354 e. The topological polar surface area (TPSA) is 117 Å². The van der Waals surface area contributed by atoms with E-state index in [4.69, 9.17) is 26.7 Å². The normalized spacial score (nSPS) is 17.1. The van der Waals surface area contributed by atoms with Crippen molar-refractivity contribution in [3.8, 4) is 11.3 Å². The molecule has 2 fully saturated rings. The van der Waals surface area contributed by atoms with Gasteiger partial charge in [0.25, 0.3) is 0 Å². The van der Waals surface area contributed by atoms with E-state index in [1.807, 2.05) is 28.9 Å². The molecule has 2 saturated heterocycles. The molecule has 0 spiro atoms. The van der Waals surface area contributed by atoms with Gasteiger partial charge < -0.3 is 20.4 Å². The first-order chi connectivity index (χ1) is 26.6. The van der Waals surface area contributed by atoms with Crippen molar-refractivity contribution < 1.29 is 0 Å². The minimum absolute atomic E-state index is 0.122. The van der Waals surface area contributed by atoms with Gasteiger partial charge >= 0.3 is 0 Å². The van der Waals surface area contributed by atoms with Crippen molar-refractivity contribution in [2.45, 2.75) is 77.8 Å². The summed E-state index contributed by atoms with van der Waals surface area (Å²) in [4.78, 5) is 23.2. The van der Waals surface area contributed by atoms with Crippen molar-refractivity contribution in [3.05, 3.63) is 108 Å². The third kappa shape index (κ3) is 7.91. The number of benzene rings is 1. The number of rotatable bonds is 7. The Labute approximate surface area is 326 Å². The Balaban J connectivity index is 0.000000164. The molecule has 0 aliphatic carbocycles. The van der Waals surface area contributed by atoms with Gasteiger partial charge in [-0.15, -0.1) is 0 Å². The van der Waals surface area contributed by atoms with E-state index in [1.54, 1.807) is 29.2 Å². The molecule has 2 atom stereocenters. The SMILES string of the molecule is CC1CCCN1c1cccc(Nc2cc(-c3ccc(C(C)(C)C)cc3)nn3ccnc23)n1.CC1CCCN1c1cccc(Nc2cc(Cl)nn3ccnc23)n1. The summed E-state index contributed by atoms with van der Waals surface area (Å²) in [6, 6.07) is 25.7. The monoisotopic (exact) mass is 754 g/mol. The average Bonchev–Trinajstić information content (AvgIpc) is 4.00. The first-order valence-electron chi connectivity index (χ1n) is 19.1. The maximum atomic E-state index is 6.07. The number of aromatic nitrogens is 8. The van der Waals surface area contributed by atoms with Gasteiger partial charge in [0.05, 0.1) is 17.1 Å². The maximum Gasteiger partial charge on any atom is 0.177 e. The fourth-order valence-corrected chi connectivity index (χ4v) is 7.59. The van der Waals surface area contributed by atoms with Crippen molar-refractivity contribution in [1.82, 2.24) is 39.2 Å². The van der Waals surface area contributed by atoms with Crippen molar-refractivity contribution >= 4 is 57.5 Å². The van der Waals surface area contributed by atoms with Crippen molar-refractivity contribution in [1.29, 1.82) is 0 Å². The van der Waals surface area contributed by atoms with Gasteiger partial charge in [0.2, 0.25) is 0 Å². The smallest absolute Gasteiger partial charge is 0.177 e. The highest BCUT2D eigenvalue weighted by Gasteiger charge is 2.23. The lowest BCUT2D eigenvalue weighted by molar-refractivity contribution is 0.590. The van der Waals surface area contributed by atoms with E-state index >= 15 is 0 Å². The van der Waals surface area contributed by atoms with Crippen LogP contribution in [-0.4, -0.2) is 64.3 Å². The number of nitrogens with zero attached hydrogens (tertiary/aromatic N) is 10. The highest BCUT2D eigenvalue weighted by Crippen LogP contribution is 2.31. The Bertz CT molecular complexity index is 2410. The van der Waals surface area contributed by atoms with Crippen LogP contribution in [0.2, 0.25) is 5.15 Å². The Morgan fingerprint density at radius 2 is 1.20 bits per heavy atom. The molecule has 282 valence electrons. The lowest BCUT2D eigenvalue weighted by atomic mass is 9.86. The van der Waals surface area contributed by atoms with Gasteiger partial charge in [-0.25, -0.2) is 29.0 Å². The number of anilines is 6. The Hall–Kier alpha value is -5.75. The number of hydrogen-bond acceptors (Lipinski definition) is 10. The van der Waals surface area contributed by atoms with Gasteiger partial charge in [-0.2, -0.15) is 10.2 Å². The van der Waals surface area contributed by atoms with Gasteiger partial charge in [0, 0.05) is 61.6 Å². The van der Waals surface area contributed by atoms with Gasteiger partial charge in [-0.3, -0.25) is 0 Å². The van der Waals surface area contributed by atoms with Gasteiger partial charge in [-0.1, -0.05) is 68.8 Å². The van der Waals surface area contributed by atoms with Crippen LogP contribution < -0.4 is 20.4 Å². The van der Waals surface area contributed by atoms with Gasteiger partial charge in [0.1, 0.15) is 23.3 Å². The van der Waals surface area contributed by atoms with E-state index in [0.29, 0.717) is 17.2 Å². The van der Waals surface area contributed by atoms with Crippen LogP contribution in [0.3, 0.4) is 0 Å². The predicted octanol–water partition coefficient (Wildman–Crippen LogP) is 9.33. The maximum absolute atomic E-state index is 6.07. The molecule has 2 unspecified atom stereocenters. The molecule has 13 heteroatoms. The van der Waals surface area contributed by atoms with Crippen LogP contribution in [0.1, 0.15) is 65.9 Å². The van der Waals surface area contributed by atoms with Gasteiger partial charge in [0.15, 0.2) is 16.4 Å². The molecule has 6 aromatic heterocycles. The Morgan fingerprint density at radius 1 is 0.673 bits per heavy atom. The molecule has 55 heavy (non-hydrogen) atoms. The molecule has 0 saturated carbocycles. The fraction of sp³-hybridized carbons (Fsp3) is 0.333. The molecule has 0 amide bonds. The van der Waals surface area contributed by atoms with Crippen LogP contribution in [-0.2, 0) is 5.41 Å². The summed E-state index contributed by atoms with van der Waals surface area (Å²) in [7, 11) is 0. The largest absolute Gasteiger partial charge is 0.354 e. The summed E-state index contributed by atoms with van der Waals surface area (Å²) in [6.07, 6.45) is 12.0. The zero-order valence-corrected chi connectivity index (χ0v) is 32.7. The Kier molecular flexibility index (Phi) is 10.00. The highest BCUT2D eigenvalue weighted by molar-refractivity contribution is 6.29. The Morgan fingerprint density at radius 3 is 1.71 bits per heavy atom. The lowest BCUT2D eigenvalue weighted by Crippen LogP contribution is -2.27. The second-order valence-electron chi connectivity index (χ2n) is 15.4. The average molecular weight is 755 g/mol. The zero-order valence-electron chi connectivity index (χ0n) is 32.0. The summed E-state index contributed by atoms with van der Waals surface area (Å²) in [5.74, 6) is 3.60. The van der Waals surface area contributed by atoms with Crippen molar-refractivity contribution in [2.75, 3.05) is 33.5 Å². The fourth-order valence-electron chi connectivity index (χ4n) is 7.40. The molecule has 0 bridgehead atoms. The first-order valence-corrected chi connectivity index (χ1v) is 19.4. The lowest BCUT2D eigenvalue weighted by Gasteiger charge is -2.23. The summed E-state index contributed by atoms with van der Waals surface area (Å²) < 4.78 is 3.47. The van der Waals surface area contributed by atoms with Crippen LogP contribution in [0.15, 0.2) is 97.6 Å². The molecular weight excluding hydrogens is 708 g/mol. The number of pyridine rings is 2. The number of fused-ring (bicyclic) bond motifs is 2. The summed E-state index contributed by atoms with van der Waals surface area (Å²) >= 11 is 6.07. The minimum atomic E-state index is 0.122. The van der Waals surface area contributed by atoms with Crippen LogP contribution >= 0.6 is 11.6 Å². The summed E-state index contributed by atoms with van der Waals surface area (Å²) in [6.45, 7) is 13.3. The van der Waals surface area contributed by atoms with Crippen LogP contribution in [0, 0.1) is 0 Å². The summed E-state index contributed by atoms with van der Waals surface area (Å²) in [5, 5.41) is 16.2. The number of halogens is 1. The number of imidazole rings is 2. The predicted molar refractivity (Wildman–Crippen MR) is 222 cm³/mol. The zero-order chi connectivity index (χ0) is 38.1. The molecule has 2 aliphatic heterocycles. The number of nitrogens with one attached hydrogen (secondary N) is 2. The molecule has 7 aromatic rings. The quantitative estimate of drug-likeness (QED) is 0.163. The molecule has 0 radical (unpaired) electrons. The highest BCUT2D eigenvalue weighted by atomic mass is 35.5. The second-order valence-corrected chi connectivity index (χ2v) is 15.8. The van der Waals surface area contributed by atoms with Gasteiger partial charge in [-0.05, 0) is 80.8 Å². The van der Waals surface area contributed by atoms with E-state index in [0.717, 1.165) is 70.3 Å².